The summed E-state index contributed by atoms with van der Waals surface area (Å²) < 4.78 is 48.1. The van der Waals surface area contributed by atoms with Gasteiger partial charge in [0.25, 0.3) is 5.91 Å². The van der Waals surface area contributed by atoms with Gasteiger partial charge in [0.2, 0.25) is 0 Å². The third-order valence-electron chi connectivity index (χ3n) is 8.46. The van der Waals surface area contributed by atoms with Crippen LogP contribution >= 0.6 is 11.6 Å². The molecule has 1 amide bonds. The molecule has 6 rings (SSSR count). The van der Waals surface area contributed by atoms with E-state index in [0.717, 1.165) is 12.3 Å². The zero-order chi connectivity index (χ0) is 38.4. The highest BCUT2D eigenvalue weighted by atomic mass is 35.5. The molecule has 0 radical (unpaired) electrons. The van der Waals surface area contributed by atoms with Crippen molar-refractivity contribution in [1.29, 1.82) is 0 Å². The smallest absolute Gasteiger partial charge is 0.338 e. The molecule has 0 aliphatic rings. The molecule has 0 spiro atoms. The zero-order valence-corrected chi connectivity index (χ0v) is 30.2. The van der Waals surface area contributed by atoms with Crippen LogP contribution in [-0.2, 0) is 20.9 Å². The number of benzene rings is 4. The van der Waals surface area contributed by atoms with Crippen LogP contribution < -0.4 is 10.1 Å². The lowest BCUT2D eigenvalue weighted by Gasteiger charge is -2.27. The van der Waals surface area contributed by atoms with Crippen molar-refractivity contribution in [3.05, 3.63) is 154 Å². The van der Waals surface area contributed by atoms with E-state index in [9.17, 15) is 18.8 Å². The Kier molecular flexibility index (Phi) is 11.6. The van der Waals surface area contributed by atoms with Gasteiger partial charge in [-0.1, -0.05) is 74.0 Å². The van der Waals surface area contributed by atoms with Crippen molar-refractivity contribution < 1.29 is 37.4 Å². The van der Waals surface area contributed by atoms with Crippen molar-refractivity contribution >= 4 is 40.3 Å². The molecule has 0 saturated heterocycles. The predicted molar refractivity (Wildman–Crippen MR) is 197 cm³/mol. The molecule has 276 valence electrons. The van der Waals surface area contributed by atoms with Crippen LogP contribution in [0.15, 0.2) is 109 Å². The molecule has 0 fully saturated rings. The summed E-state index contributed by atoms with van der Waals surface area (Å²) in [7, 11) is 0. The average Bonchev–Trinajstić information content (AvgIpc) is 3.60. The lowest BCUT2D eigenvalue weighted by molar-refractivity contribution is -0.133. The quantitative estimate of drug-likeness (QED) is 0.117. The SMILES string of the molecule is Cc1cc(-n2cc(F)cn2)c2cccc(OCc3c(Cl)cc(F)cc3[C@H](COC(=O)c3ccccc3)NC(=O)[C@@H](OC(=O)c3ccccc3)C(C)C)c2n1. The third-order valence-corrected chi connectivity index (χ3v) is 8.80. The average molecular weight is 753 g/mol. The van der Waals surface area contributed by atoms with Crippen molar-refractivity contribution in [3.63, 3.8) is 0 Å². The number of aromatic nitrogens is 3. The van der Waals surface area contributed by atoms with Crippen molar-refractivity contribution in [2.45, 2.75) is 39.5 Å². The molecule has 0 bridgehead atoms. The Morgan fingerprint density at radius 1 is 0.870 bits per heavy atom. The Balaban J connectivity index is 1.33. The second-order valence-corrected chi connectivity index (χ2v) is 13.2. The number of rotatable bonds is 13. The Labute approximate surface area is 314 Å². The fourth-order valence-electron chi connectivity index (χ4n) is 5.83. The molecule has 0 aliphatic heterocycles. The molecule has 13 heteroatoms. The number of amides is 1. The fourth-order valence-corrected chi connectivity index (χ4v) is 6.10. The lowest BCUT2D eigenvalue weighted by Crippen LogP contribution is -2.44. The second-order valence-electron chi connectivity index (χ2n) is 12.7. The molecular weight excluding hydrogens is 718 g/mol. The maximum atomic E-state index is 15.2. The number of fused-ring (bicyclic) bond motifs is 1. The summed E-state index contributed by atoms with van der Waals surface area (Å²) >= 11 is 6.67. The highest BCUT2D eigenvalue weighted by molar-refractivity contribution is 6.31. The summed E-state index contributed by atoms with van der Waals surface area (Å²) in [6.45, 7) is 4.52. The van der Waals surface area contributed by atoms with Gasteiger partial charge in [-0.2, -0.15) is 5.10 Å². The number of para-hydroxylation sites is 1. The van der Waals surface area contributed by atoms with Crippen molar-refractivity contribution in [1.82, 2.24) is 20.1 Å². The molecule has 2 heterocycles. The summed E-state index contributed by atoms with van der Waals surface area (Å²) in [5.74, 6) is -3.47. The molecule has 10 nitrogen and oxygen atoms in total. The van der Waals surface area contributed by atoms with Crippen LogP contribution in [0, 0.1) is 24.5 Å². The van der Waals surface area contributed by atoms with Gasteiger partial charge in [-0.25, -0.2) is 28.0 Å². The molecule has 1 N–H and O–H groups in total. The van der Waals surface area contributed by atoms with Crippen molar-refractivity contribution in [2.24, 2.45) is 5.92 Å². The van der Waals surface area contributed by atoms with E-state index in [4.69, 9.17) is 25.8 Å². The molecule has 0 unspecified atom stereocenters. The van der Waals surface area contributed by atoms with E-state index >= 15 is 4.39 Å². The van der Waals surface area contributed by atoms with Gasteiger partial charge in [-0.05, 0) is 66.9 Å². The number of carbonyl (C=O) groups excluding carboxylic acids is 3. The first-order chi connectivity index (χ1) is 26.0. The van der Waals surface area contributed by atoms with Crippen LogP contribution in [0.2, 0.25) is 5.02 Å². The largest absolute Gasteiger partial charge is 0.487 e. The van der Waals surface area contributed by atoms with Gasteiger partial charge < -0.3 is 19.5 Å². The van der Waals surface area contributed by atoms with Gasteiger partial charge in [-0.15, -0.1) is 0 Å². The molecule has 2 aromatic heterocycles. The number of nitrogens with one attached hydrogen (secondary N) is 1. The van der Waals surface area contributed by atoms with E-state index in [1.165, 1.54) is 16.9 Å². The van der Waals surface area contributed by atoms with Crippen LogP contribution in [0.4, 0.5) is 8.78 Å². The second kappa shape index (κ2) is 16.7. The van der Waals surface area contributed by atoms with Crippen molar-refractivity contribution in [3.8, 4) is 11.4 Å². The molecule has 2 atom stereocenters. The Hall–Kier alpha value is -6.14. The summed E-state index contributed by atoms with van der Waals surface area (Å²) in [5, 5.41) is 7.51. The van der Waals surface area contributed by atoms with E-state index in [0.29, 0.717) is 28.0 Å². The molecule has 4 aromatic carbocycles. The molecule has 0 aliphatic carbocycles. The van der Waals surface area contributed by atoms with E-state index < -0.39 is 54.2 Å². The van der Waals surface area contributed by atoms with E-state index in [1.54, 1.807) is 106 Å². The van der Waals surface area contributed by atoms with Crippen LogP contribution in [0.25, 0.3) is 16.6 Å². The molecule has 6 aromatic rings. The highest BCUT2D eigenvalue weighted by Gasteiger charge is 2.31. The minimum atomic E-state index is -1.27. The predicted octanol–water partition coefficient (Wildman–Crippen LogP) is 8.14. The number of aryl methyl sites for hydroxylation is 1. The Morgan fingerprint density at radius 3 is 2.20 bits per heavy atom. The highest BCUT2D eigenvalue weighted by Crippen LogP contribution is 2.33. The minimum absolute atomic E-state index is 0.0216. The number of esters is 2. The maximum Gasteiger partial charge on any atom is 0.338 e. The molecule has 54 heavy (non-hydrogen) atoms. The number of halogens is 3. The van der Waals surface area contributed by atoms with Crippen molar-refractivity contribution in [2.75, 3.05) is 6.61 Å². The fraction of sp³-hybridized carbons (Fsp3) is 0.195. The van der Waals surface area contributed by atoms with E-state index in [2.05, 4.69) is 15.4 Å². The van der Waals surface area contributed by atoms with Gasteiger partial charge in [0, 0.05) is 16.6 Å². The Bertz CT molecular complexity index is 2300. The summed E-state index contributed by atoms with van der Waals surface area (Å²) in [5.41, 5.74) is 2.58. The van der Waals surface area contributed by atoms with Crippen LogP contribution in [0.5, 0.6) is 5.75 Å². The van der Waals surface area contributed by atoms with Gasteiger partial charge in [0.15, 0.2) is 11.9 Å². The summed E-state index contributed by atoms with van der Waals surface area (Å²) in [4.78, 5) is 44.6. The summed E-state index contributed by atoms with van der Waals surface area (Å²) in [6, 6.07) is 24.5. The normalized spacial score (nSPS) is 12.3. The Morgan fingerprint density at radius 2 is 1.56 bits per heavy atom. The van der Waals surface area contributed by atoms with Gasteiger partial charge in [0.1, 0.15) is 30.3 Å². The topological polar surface area (TPSA) is 122 Å². The summed E-state index contributed by atoms with van der Waals surface area (Å²) in [6.07, 6.45) is 1.08. The van der Waals surface area contributed by atoms with Crippen LogP contribution in [-0.4, -0.2) is 45.3 Å². The van der Waals surface area contributed by atoms with Gasteiger partial charge in [-0.3, -0.25) is 4.79 Å². The lowest BCUT2D eigenvalue weighted by atomic mass is 9.99. The van der Waals surface area contributed by atoms with Gasteiger partial charge in [0.05, 0.1) is 40.3 Å². The number of hydrogen-bond donors (Lipinski definition) is 1. The first kappa shape index (κ1) is 37.6. The number of hydrogen-bond acceptors (Lipinski definition) is 8. The van der Waals surface area contributed by atoms with E-state index in [1.807, 2.05) is 0 Å². The van der Waals surface area contributed by atoms with E-state index in [-0.39, 0.29) is 33.9 Å². The third kappa shape index (κ3) is 8.72. The maximum absolute atomic E-state index is 15.2. The first-order valence-corrected chi connectivity index (χ1v) is 17.4. The van der Waals surface area contributed by atoms with Gasteiger partial charge >= 0.3 is 11.9 Å². The first-order valence-electron chi connectivity index (χ1n) is 17.0. The number of nitrogens with zero attached hydrogens (tertiary/aromatic N) is 3. The molecule has 0 saturated carbocycles. The monoisotopic (exact) mass is 752 g/mol. The zero-order valence-electron chi connectivity index (χ0n) is 29.5. The standard InChI is InChI=1S/C41H35ClF2N4O6/c1-24(2)38(54-41(51)27-13-8-5-9-14-27)39(49)47-34(23-53-40(50)26-11-6-4-7-12-26)31-18-28(43)19-33(42)32(31)22-52-36-16-10-15-30-35(17-25(3)46-37(30)36)48-21-29(44)20-45-48/h4-21,24,34,38H,22-23H2,1-3H3,(H,47,49)/t34-,38-/m0/s1. The minimum Gasteiger partial charge on any atom is -0.487 e. The number of pyridine rings is 1. The molecular formula is C41H35ClF2N4O6. The number of carbonyl (C=O) groups is 3. The number of ether oxygens (including phenoxy) is 3. The van der Waals surface area contributed by atoms with Crippen LogP contribution in [0.1, 0.15) is 57.4 Å². The van der Waals surface area contributed by atoms with Crippen LogP contribution in [0.3, 0.4) is 0 Å².